The van der Waals surface area contributed by atoms with E-state index in [4.69, 9.17) is 4.74 Å². The molecule has 0 aromatic heterocycles. The molecule has 1 aromatic rings. The van der Waals surface area contributed by atoms with E-state index in [2.05, 4.69) is 24.4 Å². The zero-order valence-electron chi connectivity index (χ0n) is 13.5. The minimum Gasteiger partial charge on any atom is -0.494 e. The van der Waals surface area contributed by atoms with Gasteiger partial charge in [-0.15, -0.1) is 0 Å². The number of unbranched alkanes of at least 4 members (excludes halogenated alkanes) is 2. The maximum Gasteiger partial charge on any atom is 0.236 e. The highest BCUT2D eigenvalue weighted by atomic mass is 16.5. The number of hydrogen-bond donors (Lipinski definition) is 1. The summed E-state index contributed by atoms with van der Waals surface area (Å²) in [4.78, 5) is 13.0. The van der Waals surface area contributed by atoms with Gasteiger partial charge in [0.05, 0.1) is 13.2 Å². The molecule has 1 aromatic carbocycles. The van der Waals surface area contributed by atoms with Crippen molar-refractivity contribution in [1.82, 2.24) is 10.2 Å². The van der Waals surface area contributed by atoms with Crippen LogP contribution in [0, 0.1) is 0 Å². The summed E-state index contributed by atoms with van der Waals surface area (Å²) >= 11 is 0. The summed E-state index contributed by atoms with van der Waals surface area (Å²) in [6.45, 7) is 4.15. The Bertz CT molecular complexity index is 419. The van der Waals surface area contributed by atoms with E-state index in [9.17, 15) is 4.79 Å². The molecule has 0 unspecified atom stereocenters. The lowest BCUT2D eigenvalue weighted by Crippen LogP contribution is -2.33. The van der Waals surface area contributed by atoms with Crippen LogP contribution in [0.4, 0.5) is 0 Å². The standard InChI is InChI=1S/C17H28N2O2/c1-4-5-6-12-21-16-9-7-8-15(13-16)10-11-18-14-17(20)19(2)3/h7-9,13,18H,4-6,10-12,14H2,1-3H3. The molecule has 0 bridgehead atoms. The quantitative estimate of drug-likeness (QED) is 0.674. The van der Waals surface area contributed by atoms with Crippen LogP contribution in [0.25, 0.3) is 0 Å². The topological polar surface area (TPSA) is 41.6 Å². The Hall–Kier alpha value is -1.55. The van der Waals surface area contributed by atoms with Gasteiger partial charge in [-0.05, 0) is 37.1 Å². The molecule has 4 nitrogen and oxygen atoms in total. The Morgan fingerprint density at radius 3 is 2.81 bits per heavy atom. The van der Waals surface area contributed by atoms with Crippen molar-refractivity contribution < 1.29 is 9.53 Å². The van der Waals surface area contributed by atoms with Gasteiger partial charge < -0.3 is 15.0 Å². The highest BCUT2D eigenvalue weighted by molar-refractivity contribution is 5.77. The fraction of sp³-hybridized carbons (Fsp3) is 0.588. The van der Waals surface area contributed by atoms with Crippen molar-refractivity contribution in [2.24, 2.45) is 0 Å². The lowest BCUT2D eigenvalue weighted by Gasteiger charge is -2.11. The Kier molecular flexibility index (Phi) is 8.51. The van der Waals surface area contributed by atoms with Crippen molar-refractivity contribution in [1.29, 1.82) is 0 Å². The van der Waals surface area contributed by atoms with Gasteiger partial charge in [-0.1, -0.05) is 31.9 Å². The molecule has 0 fully saturated rings. The second kappa shape index (κ2) is 10.2. The van der Waals surface area contributed by atoms with E-state index in [0.717, 1.165) is 31.7 Å². The van der Waals surface area contributed by atoms with Crippen LogP contribution >= 0.6 is 0 Å². The van der Waals surface area contributed by atoms with E-state index in [1.165, 1.54) is 18.4 Å². The zero-order valence-corrected chi connectivity index (χ0v) is 13.5. The van der Waals surface area contributed by atoms with Crippen molar-refractivity contribution in [3.05, 3.63) is 29.8 Å². The van der Waals surface area contributed by atoms with Gasteiger partial charge in [-0.25, -0.2) is 0 Å². The molecule has 0 heterocycles. The first-order valence-corrected chi connectivity index (χ1v) is 7.76. The Labute approximate surface area is 128 Å². The molecular weight excluding hydrogens is 264 g/mol. The molecule has 118 valence electrons. The van der Waals surface area contributed by atoms with Crippen LogP contribution in [0.1, 0.15) is 31.7 Å². The third-order valence-electron chi connectivity index (χ3n) is 3.28. The zero-order chi connectivity index (χ0) is 15.5. The van der Waals surface area contributed by atoms with Gasteiger partial charge in [-0.3, -0.25) is 4.79 Å². The van der Waals surface area contributed by atoms with Crippen molar-refractivity contribution in [3.63, 3.8) is 0 Å². The minimum absolute atomic E-state index is 0.100. The van der Waals surface area contributed by atoms with E-state index in [0.29, 0.717) is 6.54 Å². The molecule has 0 aliphatic carbocycles. The number of rotatable bonds is 10. The maximum absolute atomic E-state index is 11.4. The lowest BCUT2D eigenvalue weighted by molar-refractivity contribution is -0.127. The molecule has 0 radical (unpaired) electrons. The summed E-state index contributed by atoms with van der Waals surface area (Å²) in [7, 11) is 3.53. The van der Waals surface area contributed by atoms with E-state index in [-0.39, 0.29) is 5.91 Å². The highest BCUT2D eigenvalue weighted by Crippen LogP contribution is 2.14. The summed E-state index contributed by atoms with van der Waals surface area (Å²) in [6, 6.07) is 8.20. The summed E-state index contributed by atoms with van der Waals surface area (Å²) < 4.78 is 5.74. The predicted molar refractivity (Wildman–Crippen MR) is 86.7 cm³/mol. The summed E-state index contributed by atoms with van der Waals surface area (Å²) in [5.41, 5.74) is 1.23. The van der Waals surface area contributed by atoms with E-state index in [1.54, 1.807) is 19.0 Å². The van der Waals surface area contributed by atoms with Crippen LogP contribution in [0.2, 0.25) is 0 Å². The average Bonchev–Trinajstić information content (AvgIpc) is 2.48. The molecule has 0 saturated carbocycles. The number of nitrogens with zero attached hydrogens (tertiary/aromatic N) is 1. The van der Waals surface area contributed by atoms with E-state index < -0.39 is 0 Å². The average molecular weight is 292 g/mol. The first kappa shape index (κ1) is 17.5. The summed E-state index contributed by atoms with van der Waals surface area (Å²) in [5.74, 6) is 1.04. The van der Waals surface area contributed by atoms with Gasteiger partial charge in [0, 0.05) is 14.1 Å². The molecule has 0 saturated heterocycles. The maximum atomic E-state index is 11.4. The monoisotopic (exact) mass is 292 g/mol. The second-order valence-electron chi connectivity index (χ2n) is 5.42. The normalized spacial score (nSPS) is 10.4. The number of carbonyl (C=O) groups is 1. The third kappa shape index (κ3) is 7.71. The fourth-order valence-corrected chi connectivity index (χ4v) is 1.92. The van der Waals surface area contributed by atoms with Crippen LogP contribution in [0.15, 0.2) is 24.3 Å². The number of carbonyl (C=O) groups excluding carboxylic acids is 1. The first-order valence-electron chi connectivity index (χ1n) is 7.76. The number of ether oxygens (including phenoxy) is 1. The number of hydrogen-bond acceptors (Lipinski definition) is 3. The van der Waals surface area contributed by atoms with Gasteiger partial charge in [0.2, 0.25) is 5.91 Å². The first-order chi connectivity index (χ1) is 10.1. The van der Waals surface area contributed by atoms with Crippen molar-refractivity contribution in [2.45, 2.75) is 32.6 Å². The van der Waals surface area contributed by atoms with Crippen LogP contribution in [-0.4, -0.2) is 44.6 Å². The van der Waals surface area contributed by atoms with Crippen LogP contribution < -0.4 is 10.1 Å². The van der Waals surface area contributed by atoms with Gasteiger partial charge in [-0.2, -0.15) is 0 Å². The third-order valence-corrected chi connectivity index (χ3v) is 3.28. The van der Waals surface area contributed by atoms with E-state index in [1.807, 2.05) is 12.1 Å². The molecule has 0 atom stereocenters. The van der Waals surface area contributed by atoms with Gasteiger partial charge >= 0.3 is 0 Å². The van der Waals surface area contributed by atoms with E-state index >= 15 is 0 Å². The predicted octanol–water partition coefficient (Wildman–Crippen LogP) is 2.48. The number of amides is 1. The van der Waals surface area contributed by atoms with Crippen LogP contribution in [0.5, 0.6) is 5.75 Å². The largest absolute Gasteiger partial charge is 0.494 e. The summed E-state index contributed by atoms with van der Waals surface area (Å²) in [5, 5.41) is 3.16. The molecule has 0 aliphatic heterocycles. The van der Waals surface area contributed by atoms with Crippen molar-refractivity contribution in [3.8, 4) is 5.75 Å². The van der Waals surface area contributed by atoms with Gasteiger partial charge in [0.25, 0.3) is 0 Å². The minimum atomic E-state index is 0.100. The molecule has 1 amide bonds. The smallest absolute Gasteiger partial charge is 0.236 e. The molecule has 21 heavy (non-hydrogen) atoms. The van der Waals surface area contributed by atoms with Crippen LogP contribution in [-0.2, 0) is 11.2 Å². The molecule has 0 spiro atoms. The highest BCUT2D eigenvalue weighted by Gasteiger charge is 2.02. The number of likely N-dealkylation sites (N-methyl/N-ethyl adjacent to an activating group) is 1. The Balaban J connectivity index is 2.27. The molecule has 1 N–H and O–H groups in total. The second-order valence-corrected chi connectivity index (χ2v) is 5.42. The van der Waals surface area contributed by atoms with Gasteiger partial charge in [0.1, 0.15) is 5.75 Å². The SMILES string of the molecule is CCCCCOc1cccc(CCNCC(=O)N(C)C)c1. The Morgan fingerprint density at radius 2 is 2.10 bits per heavy atom. The van der Waals surface area contributed by atoms with Crippen molar-refractivity contribution >= 4 is 5.91 Å². The Morgan fingerprint density at radius 1 is 1.29 bits per heavy atom. The fourth-order valence-electron chi connectivity index (χ4n) is 1.92. The molecule has 4 heteroatoms. The summed E-state index contributed by atoms with van der Waals surface area (Å²) in [6.07, 6.45) is 4.42. The van der Waals surface area contributed by atoms with Crippen LogP contribution in [0.3, 0.4) is 0 Å². The number of nitrogens with one attached hydrogen (secondary N) is 1. The van der Waals surface area contributed by atoms with Crippen molar-refractivity contribution in [2.75, 3.05) is 33.8 Å². The molecular formula is C17H28N2O2. The molecule has 0 aliphatic rings. The molecule has 1 rings (SSSR count). The lowest BCUT2D eigenvalue weighted by atomic mass is 10.1. The number of benzene rings is 1. The van der Waals surface area contributed by atoms with Gasteiger partial charge in [0.15, 0.2) is 0 Å².